The van der Waals surface area contributed by atoms with Gasteiger partial charge >= 0.3 is 39.9 Å². The second kappa shape index (κ2) is 20.6. The van der Waals surface area contributed by atoms with Crippen molar-refractivity contribution in [3.05, 3.63) is 29.8 Å². The fourth-order valence-electron chi connectivity index (χ4n) is 4.81. The van der Waals surface area contributed by atoms with Crippen LogP contribution in [0.1, 0.15) is 5.56 Å². The van der Waals surface area contributed by atoms with Crippen LogP contribution in [0.5, 0.6) is 5.75 Å². The molecule has 0 bridgehead atoms. The first-order chi connectivity index (χ1) is 20.2. The number of carboxylic acids is 3. The second-order valence-corrected chi connectivity index (χ2v) is 12.6. The van der Waals surface area contributed by atoms with E-state index < -0.39 is 40.6 Å². The van der Waals surface area contributed by atoms with Gasteiger partial charge in [0.15, 0.2) is 0 Å². The first-order valence-corrected chi connectivity index (χ1v) is 15.8. The van der Waals surface area contributed by atoms with Crippen molar-refractivity contribution in [1.82, 2.24) is 23.9 Å². The Hall–Kier alpha value is -1.54. The first-order valence-electron chi connectivity index (χ1n) is 14.0. The summed E-state index contributed by atoms with van der Waals surface area (Å²) in [5.41, 5.74) is 0.895. The summed E-state index contributed by atoms with van der Waals surface area (Å²) in [6.07, 6.45) is 0.392. The Morgan fingerprint density at radius 1 is 0.818 bits per heavy atom. The maximum Gasteiger partial charge on any atom is 3.00 e. The molecule has 1 unspecified atom stereocenters. The minimum atomic E-state index is -3.66. The zero-order valence-corrected chi connectivity index (χ0v) is 28.2. The molecule has 15 nitrogen and oxygen atoms in total. The minimum Gasteiger partial charge on any atom is -0.549 e. The molecule has 0 saturated carbocycles. The van der Waals surface area contributed by atoms with E-state index in [1.54, 1.807) is 33.9 Å². The summed E-state index contributed by atoms with van der Waals surface area (Å²) < 4.78 is 31.4. The second-order valence-electron chi connectivity index (χ2n) is 10.6. The molecule has 1 aromatic rings. The van der Waals surface area contributed by atoms with E-state index in [9.17, 15) is 43.2 Å². The molecular weight excluding hydrogens is 744 g/mol. The van der Waals surface area contributed by atoms with Crippen LogP contribution in [0.15, 0.2) is 24.3 Å². The van der Waals surface area contributed by atoms with Gasteiger partial charge in [0.2, 0.25) is 10.0 Å². The first kappa shape index (κ1) is 40.5. The van der Waals surface area contributed by atoms with E-state index in [0.29, 0.717) is 12.2 Å². The topological polar surface area (TPSA) is 200 Å². The molecule has 0 spiro atoms. The van der Waals surface area contributed by atoms with Crippen molar-refractivity contribution < 1.29 is 87.9 Å². The van der Waals surface area contributed by atoms with Crippen molar-refractivity contribution in [2.24, 2.45) is 0 Å². The summed E-state index contributed by atoms with van der Waals surface area (Å²) in [6, 6.07) is 7.22. The van der Waals surface area contributed by atoms with Gasteiger partial charge in [-0.3, -0.25) is 19.6 Å². The molecule has 2 rings (SSSR count). The van der Waals surface area contributed by atoms with Crippen LogP contribution in [0.2, 0.25) is 0 Å². The molecule has 44 heavy (non-hydrogen) atoms. The normalized spacial score (nSPS) is 17.6. The summed E-state index contributed by atoms with van der Waals surface area (Å²) in [6.45, 7) is 0.635. The van der Waals surface area contributed by atoms with Crippen LogP contribution in [-0.2, 0) is 30.8 Å². The largest absolute Gasteiger partial charge is 3.00 e. The molecule has 1 fully saturated rings. The van der Waals surface area contributed by atoms with Gasteiger partial charge in [0.05, 0.1) is 37.4 Å². The van der Waals surface area contributed by atoms with Crippen LogP contribution in [0.3, 0.4) is 0 Å². The van der Waals surface area contributed by atoms with Crippen molar-refractivity contribution in [2.75, 3.05) is 105 Å². The van der Waals surface area contributed by atoms with Gasteiger partial charge in [0, 0.05) is 91.6 Å². The maximum atomic E-state index is 12.5. The number of benzene rings is 1. The van der Waals surface area contributed by atoms with Gasteiger partial charge in [-0.05, 0) is 24.1 Å². The van der Waals surface area contributed by atoms with Crippen molar-refractivity contribution in [3.8, 4) is 5.75 Å². The average molecular weight is 786 g/mol. The fourth-order valence-corrected chi connectivity index (χ4v) is 5.68. The predicted molar refractivity (Wildman–Crippen MR) is 150 cm³/mol. The molecule has 0 amide bonds. The number of rotatable bonds is 15. The number of methoxy groups -OCH3 is 1. The van der Waals surface area contributed by atoms with Crippen LogP contribution in [0.25, 0.3) is 0 Å². The standard InChI is InChI=1S/C27H45N5O10S.Gd/c1-42-24-5-3-22(4-6-24)7-8-32(43(2,40)41)18-23(33)17-28-9-11-29(19-25(34)35)13-15-31(21-27(38)39)16-14-30(12-10-28)20-26(36)37;/h3-6,23,33H,7-21H2,1-2H3,(H,34,35)(H,36,37)(H,38,39);/q;+3/p-3. The third kappa shape index (κ3) is 16.7. The van der Waals surface area contributed by atoms with Crippen molar-refractivity contribution >= 4 is 27.9 Å². The predicted octanol–water partition coefficient (Wildman–Crippen LogP) is -5.67. The van der Waals surface area contributed by atoms with E-state index in [4.69, 9.17) is 4.74 Å². The number of ether oxygens (including phenoxy) is 1. The number of aliphatic hydroxyl groups is 1. The molecule has 1 N–H and O–H groups in total. The molecule has 0 aromatic heterocycles. The van der Waals surface area contributed by atoms with Gasteiger partial charge in [-0.25, -0.2) is 8.42 Å². The van der Waals surface area contributed by atoms with Crippen LogP contribution in [0, 0.1) is 39.9 Å². The Kier molecular flexibility index (Phi) is 18.9. The number of sulfonamides is 1. The summed E-state index contributed by atoms with van der Waals surface area (Å²) in [5.74, 6) is -3.23. The van der Waals surface area contributed by atoms with E-state index in [1.807, 2.05) is 17.0 Å². The Bertz CT molecular complexity index is 1110. The van der Waals surface area contributed by atoms with Gasteiger partial charge in [0.1, 0.15) is 5.75 Å². The monoisotopic (exact) mass is 786 g/mol. The molecule has 1 aliphatic heterocycles. The van der Waals surface area contributed by atoms with Gasteiger partial charge in [-0.2, -0.15) is 4.31 Å². The van der Waals surface area contributed by atoms with E-state index in [1.165, 1.54) is 4.31 Å². The zero-order valence-electron chi connectivity index (χ0n) is 25.1. The maximum absolute atomic E-state index is 12.5. The molecule has 17 heteroatoms. The molecule has 0 aliphatic carbocycles. The Labute approximate surface area is 291 Å². The van der Waals surface area contributed by atoms with Crippen molar-refractivity contribution in [1.29, 1.82) is 0 Å². The molecule has 1 heterocycles. The van der Waals surface area contributed by atoms with Gasteiger partial charge in [-0.15, -0.1) is 0 Å². The quantitative estimate of drug-likeness (QED) is 0.177. The van der Waals surface area contributed by atoms with Gasteiger partial charge < -0.3 is 39.5 Å². The zero-order chi connectivity index (χ0) is 32.0. The number of aliphatic carboxylic acids is 3. The summed E-state index contributed by atoms with van der Waals surface area (Å²) >= 11 is 0. The number of carbonyl (C=O) groups is 3. The number of nitrogens with zero attached hydrogens (tertiary/aromatic N) is 5. The molecule has 1 atom stereocenters. The molecule has 249 valence electrons. The molecule has 1 aliphatic rings. The summed E-state index contributed by atoms with van der Waals surface area (Å²) in [4.78, 5) is 40.5. The summed E-state index contributed by atoms with van der Waals surface area (Å²) in [5, 5.41) is 44.9. The van der Waals surface area contributed by atoms with Crippen molar-refractivity contribution in [2.45, 2.75) is 12.5 Å². The molecule has 1 aromatic carbocycles. The number of hydrogen-bond acceptors (Lipinski definition) is 14. The Morgan fingerprint density at radius 2 is 1.20 bits per heavy atom. The number of β-amino-alcohol motifs (C(OH)–C–C–N with tert-alkyl or cyclic N) is 1. The fraction of sp³-hybridized carbons (Fsp3) is 0.667. The van der Waals surface area contributed by atoms with Gasteiger partial charge in [-0.1, -0.05) is 12.1 Å². The molecule has 1 radical (unpaired) electrons. The third-order valence-electron chi connectivity index (χ3n) is 7.15. The molecular formula is C27H42GdN5O10S. The Balaban J connectivity index is 0.00000968. The van der Waals surface area contributed by atoms with E-state index in [2.05, 4.69) is 0 Å². The van der Waals surface area contributed by atoms with Crippen LogP contribution in [-0.4, -0.2) is 166 Å². The number of aliphatic hydroxyl groups excluding tert-OH is 1. The average Bonchev–Trinajstić information content (AvgIpc) is 2.91. The van der Waals surface area contributed by atoms with Crippen LogP contribution < -0.4 is 20.1 Å². The summed E-state index contributed by atoms with van der Waals surface area (Å²) in [7, 11) is -2.11. The SMILES string of the molecule is COc1ccc(CCN(CC(O)CN2CCN(CC(=O)[O-])CCN(CC(=O)[O-])CCN(CC(=O)[O-])CC2)S(C)(=O)=O)cc1.[Gd+3]. The van der Waals surface area contributed by atoms with Crippen LogP contribution in [0.4, 0.5) is 0 Å². The van der Waals surface area contributed by atoms with Gasteiger partial charge in [0.25, 0.3) is 0 Å². The number of carbonyl (C=O) groups excluding carboxylic acids is 3. The smallest absolute Gasteiger partial charge is 0.549 e. The number of hydrogen-bond donors (Lipinski definition) is 1. The van der Waals surface area contributed by atoms with E-state index in [0.717, 1.165) is 11.8 Å². The van der Waals surface area contributed by atoms with Crippen molar-refractivity contribution in [3.63, 3.8) is 0 Å². The Morgan fingerprint density at radius 3 is 1.55 bits per heavy atom. The van der Waals surface area contributed by atoms with E-state index >= 15 is 0 Å². The third-order valence-corrected chi connectivity index (χ3v) is 8.42. The van der Waals surface area contributed by atoms with Crippen LogP contribution >= 0.6 is 0 Å². The van der Waals surface area contributed by atoms with E-state index in [-0.39, 0.29) is 125 Å². The number of carboxylic acid groups (broad SMARTS) is 3. The molecule has 1 saturated heterocycles. The minimum absolute atomic E-state index is 0.